The molecule has 4 rings (SSSR count). The molecule has 2 aromatic carbocycles. The lowest BCUT2D eigenvalue weighted by Gasteiger charge is -2.32. The Balaban J connectivity index is 1.14. The standard InChI is InChI=1S/C24H31FN4O/c25-21-6-4-18(5-7-21)15-19-3-1-13-29(17-19)14-2-11-27-24(30)28-22-8-9-23-20(16-22)10-12-26-23/h4-9,16,19,26H,1-3,10-15,17H2,(H2,27,28,30)/t19-/m0/s1. The molecule has 1 saturated heterocycles. The third-order valence-corrected chi connectivity index (χ3v) is 6.05. The fraction of sp³-hybridized carbons (Fsp3) is 0.458. The highest BCUT2D eigenvalue weighted by molar-refractivity contribution is 5.89. The highest BCUT2D eigenvalue weighted by Crippen LogP contribution is 2.25. The fourth-order valence-corrected chi connectivity index (χ4v) is 4.54. The number of benzene rings is 2. The first kappa shape index (κ1) is 20.7. The number of hydrogen-bond acceptors (Lipinski definition) is 3. The summed E-state index contributed by atoms with van der Waals surface area (Å²) in [7, 11) is 0. The molecule has 0 bridgehead atoms. The zero-order chi connectivity index (χ0) is 20.8. The first-order valence-electron chi connectivity index (χ1n) is 11.0. The second-order valence-electron chi connectivity index (χ2n) is 8.42. The molecule has 5 nitrogen and oxygen atoms in total. The van der Waals surface area contributed by atoms with E-state index in [1.54, 1.807) is 12.1 Å². The van der Waals surface area contributed by atoms with E-state index in [1.807, 2.05) is 30.3 Å². The quantitative estimate of drug-likeness (QED) is 0.598. The smallest absolute Gasteiger partial charge is 0.319 e. The topological polar surface area (TPSA) is 56.4 Å². The van der Waals surface area contributed by atoms with Crippen LogP contribution in [0.1, 0.15) is 30.4 Å². The van der Waals surface area contributed by atoms with Crippen LogP contribution in [0, 0.1) is 11.7 Å². The summed E-state index contributed by atoms with van der Waals surface area (Å²) in [5.74, 6) is 0.448. The first-order chi connectivity index (χ1) is 14.7. The van der Waals surface area contributed by atoms with Gasteiger partial charge in [-0.3, -0.25) is 0 Å². The summed E-state index contributed by atoms with van der Waals surface area (Å²) in [6, 6.07) is 12.8. The average molecular weight is 411 g/mol. The molecule has 0 radical (unpaired) electrons. The van der Waals surface area contributed by atoms with E-state index in [0.29, 0.717) is 12.5 Å². The van der Waals surface area contributed by atoms with Gasteiger partial charge in [-0.1, -0.05) is 12.1 Å². The number of piperidine rings is 1. The number of amides is 2. The van der Waals surface area contributed by atoms with Crippen molar-refractivity contribution in [1.29, 1.82) is 0 Å². The van der Waals surface area contributed by atoms with Crippen molar-refractivity contribution >= 4 is 17.4 Å². The van der Waals surface area contributed by atoms with Crippen molar-refractivity contribution in [3.05, 3.63) is 59.4 Å². The van der Waals surface area contributed by atoms with Crippen LogP contribution in [-0.4, -0.2) is 43.7 Å². The minimum Gasteiger partial charge on any atom is -0.384 e. The van der Waals surface area contributed by atoms with E-state index >= 15 is 0 Å². The van der Waals surface area contributed by atoms with Crippen molar-refractivity contribution in [2.24, 2.45) is 5.92 Å². The minimum absolute atomic E-state index is 0.145. The number of anilines is 2. The van der Waals surface area contributed by atoms with Gasteiger partial charge in [0.05, 0.1) is 0 Å². The van der Waals surface area contributed by atoms with Crippen LogP contribution in [0.3, 0.4) is 0 Å². The normalized spacial score (nSPS) is 18.5. The lowest BCUT2D eigenvalue weighted by Crippen LogP contribution is -2.38. The van der Waals surface area contributed by atoms with Crippen molar-refractivity contribution < 1.29 is 9.18 Å². The van der Waals surface area contributed by atoms with Crippen LogP contribution in [0.4, 0.5) is 20.6 Å². The molecule has 2 aromatic rings. The number of fused-ring (bicyclic) bond motifs is 1. The summed E-state index contributed by atoms with van der Waals surface area (Å²) in [4.78, 5) is 14.7. The average Bonchev–Trinajstić information content (AvgIpc) is 3.21. The predicted molar refractivity (Wildman–Crippen MR) is 120 cm³/mol. The number of nitrogens with zero attached hydrogens (tertiary/aromatic N) is 1. The Morgan fingerprint density at radius 1 is 1.20 bits per heavy atom. The zero-order valence-corrected chi connectivity index (χ0v) is 17.4. The SMILES string of the molecule is O=C(NCCCN1CCC[C@@H](Cc2ccc(F)cc2)C1)Nc1ccc2c(c1)CCN2. The van der Waals surface area contributed by atoms with Crippen molar-refractivity contribution in [1.82, 2.24) is 10.2 Å². The van der Waals surface area contributed by atoms with Gasteiger partial charge >= 0.3 is 6.03 Å². The predicted octanol–water partition coefficient (Wildman–Crippen LogP) is 4.26. The Hall–Kier alpha value is -2.60. The van der Waals surface area contributed by atoms with Crippen molar-refractivity contribution in [2.45, 2.75) is 32.1 Å². The number of carbonyl (C=O) groups is 1. The van der Waals surface area contributed by atoms with Crippen LogP contribution in [-0.2, 0) is 12.8 Å². The molecule has 0 aromatic heterocycles. The van der Waals surface area contributed by atoms with Gasteiger partial charge in [0, 0.05) is 31.0 Å². The molecule has 6 heteroatoms. The Morgan fingerprint density at radius 3 is 2.93 bits per heavy atom. The number of halogens is 1. The lowest BCUT2D eigenvalue weighted by atomic mass is 9.91. The van der Waals surface area contributed by atoms with E-state index in [4.69, 9.17) is 0 Å². The van der Waals surface area contributed by atoms with Gasteiger partial charge < -0.3 is 20.9 Å². The van der Waals surface area contributed by atoms with Crippen molar-refractivity contribution in [3.8, 4) is 0 Å². The fourth-order valence-electron chi connectivity index (χ4n) is 4.54. The number of likely N-dealkylation sites (tertiary alicyclic amines) is 1. The van der Waals surface area contributed by atoms with E-state index in [-0.39, 0.29) is 11.8 Å². The molecular formula is C24H31FN4O. The highest BCUT2D eigenvalue weighted by atomic mass is 19.1. The number of urea groups is 1. The molecule has 30 heavy (non-hydrogen) atoms. The molecule has 3 N–H and O–H groups in total. The van der Waals surface area contributed by atoms with E-state index in [1.165, 1.54) is 29.7 Å². The molecule has 2 aliphatic heterocycles. The van der Waals surface area contributed by atoms with Gasteiger partial charge in [0.15, 0.2) is 0 Å². The molecule has 2 heterocycles. The van der Waals surface area contributed by atoms with E-state index < -0.39 is 0 Å². The number of nitrogens with one attached hydrogen (secondary N) is 3. The minimum atomic E-state index is -0.172. The van der Waals surface area contributed by atoms with E-state index in [9.17, 15) is 9.18 Å². The first-order valence-corrected chi connectivity index (χ1v) is 11.0. The van der Waals surface area contributed by atoms with Crippen LogP contribution >= 0.6 is 0 Å². The summed E-state index contributed by atoms with van der Waals surface area (Å²) < 4.78 is 13.1. The van der Waals surface area contributed by atoms with Gasteiger partial charge in [0.2, 0.25) is 0 Å². The van der Waals surface area contributed by atoms with Crippen LogP contribution in [0.2, 0.25) is 0 Å². The molecule has 2 amide bonds. The Bertz CT molecular complexity index is 855. The summed E-state index contributed by atoms with van der Waals surface area (Å²) in [5.41, 5.74) is 4.48. The van der Waals surface area contributed by atoms with E-state index in [0.717, 1.165) is 51.1 Å². The Labute approximate surface area is 178 Å². The van der Waals surface area contributed by atoms with Crippen LogP contribution in [0.15, 0.2) is 42.5 Å². The molecule has 160 valence electrons. The maximum Gasteiger partial charge on any atom is 0.319 e. The van der Waals surface area contributed by atoms with Gasteiger partial charge in [-0.25, -0.2) is 9.18 Å². The summed E-state index contributed by atoms with van der Waals surface area (Å²) in [6.07, 6.45) is 5.38. The summed E-state index contributed by atoms with van der Waals surface area (Å²) in [5, 5.41) is 9.22. The van der Waals surface area contributed by atoms with E-state index in [2.05, 4.69) is 20.9 Å². The summed E-state index contributed by atoms with van der Waals surface area (Å²) in [6.45, 7) is 4.82. The lowest BCUT2D eigenvalue weighted by molar-refractivity contribution is 0.172. The van der Waals surface area contributed by atoms with Gasteiger partial charge in [0.25, 0.3) is 0 Å². The molecule has 1 fully saturated rings. The molecule has 0 aliphatic carbocycles. The largest absolute Gasteiger partial charge is 0.384 e. The maximum atomic E-state index is 13.1. The molecule has 1 atom stereocenters. The molecule has 0 spiro atoms. The molecular weight excluding hydrogens is 379 g/mol. The van der Waals surface area contributed by atoms with Crippen LogP contribution < -0.4 is 16.0 Å². The van der Waals surface area contributed by atoms with Crippen LogP contribution in [0.5, 0.6) is 0 Å². The van der Waals surface area contributed by atoms with Crippen molar-refractivity contribution in [3.63, 3.8) is 0 Å². The van der Waals surface area contributed by atoms with Gasteiger partial charge in [-0.2, -0.15) is 0 Å². The maximum absolute atomic E-state index is 13.1. The highest BCUT2D eigenvalue weighted by Gasteiger charge is 2.20. The van der Waals surface area contributed by atoms with Gasteiger partial charge in [-0.05, 0) is 92.6 Å². The third kappa shape index (κ3) is 5.72. The Kier molecular flexibility index (Phi) is 6.84. The number of hydrogen-bond donors (Lipinski definition) is 3. The second kappa shape index (κ2) is 9.94. The number of carbonyl (C=O) groups excluding carboxylic acids is 1. The second-order valence-corrected chi connectivity index (χ2v) is 8.42. The monoisotopic (exact) mass is 410 g/mol. The summed E-state index contributed by atoms with van der Waals surface area (Å²) >= 11 is 0. The third-order valence-electron chi connectivity index (χ3n) is 6.05. The molecule has 0 unspecified atom stereocenters. The Morgan fingerprint density at radius 2 is 2.07 bits per heavy atom. The molecule has 2 aliphatic rings. The number of rotatable bonds is 7. The van der Waals surface area contributed by atoms with Gasteiger partial charge in [0.1, 0.15) is 5.82 Å². The van der Waals surface area contributed by atoms with Crippen molar-refractivity contribution in [2.75, 3.05) is 43.4 Å². The molecule has 0 saturated carbocycles. The van der Waals surface area contributed by atoms with Crippen LogP contribution in [0.25, 0.3) is 0 Å². The van der Waals surface area contributed by atoms with Gasteiger partial charge in [-0.15, -0.1) is 0 Å². The zero-order valence-electron chi connectivity index (χ0n) is 17.4.